The first-order chi connectivity index (χ1) is 12.5. The zero-order chi connectivity index (χ0) is 19.2. The van der Waals surface area contributed by atoms with E-state index in [1.165, 1.54) is 24.2 Å². The van der Waals surface area contributed by atoms with Gasteiger partial charge in [-0.05, 0) is 31.9 Å². The van der Waals surface area contributed by atoms with Gasteiger partial charge in [-0.1, -0.05) is 18.7 Å². The minimum Gasteiger partial charge on any atom is -0.494 e. The van der Waals surface area contributed by atoms with Crippen molar-refractivity contribution in [2.75, 3.05) is 33.4 Å². The molecule has 0 bridgehead atoms. The molecule has 1 aliphatic rings. The van der Waals surface area contributed by atoms with Crippen LogP contribution in [0.5, 0.6) is 5.75 Å². The fraction of sp³-hybridized carbons (Fsp3) is 0.474. The number of hydrogen-bond donors (Lipinski definition) is 1. The quantitative estimate of drug-likeness (QED) is 0.752. The van der Waals surface area contributed by atoms with Crippen molar-refractivity contribution in [2.24, 2.45) is 0 Å². The first-order valence-electron chi connectivity index (χ1n) is 8.60. The number of rotatable bonds is 7. The van der Waals surface area contributed by atoms with Crippen LogP contribution < -0.4 is 10.1 Å². The summed E-state index contributed by atoms with van der Waals surface area (Å²) in [7, 11) is 1.40. The lowest BCUT2D eigenvalue weighted by Gasteiger charge is -2.39. The Morgan fingerprint density at radius 3 is 2.69 bits per heavy atom. The van der Waals surface area contributed by atoms with Gasteiger partial charge in [0.15, 0.2) is 11.6 Å². The maximum Gasteiger partial charge on any atom is 0.246 e. The lowest BCUT2D eigenvalue weighted by Crippen LogP contribution is -2.53. The summed E-state index contributed by atoms with van der Waals surface area (Å²) in [5.74, 6) is -1.05. The summed E-state index contributed by atoms with van der Waals surface area (Å²) in [6, 6.07) is 4.88. The number of carbonyl (C=O) groups excluding carboxylic acids is 2. The van der Waals surface area contributed by atoms with Crippen LogP contribution in [-0.4, -0.2) is 50.1 Å². The Morgan fingerprint density at radius 1 is 1.42 bits per heavy atom. The number of nitrogens with one attached hydrogen (secondary N) is 1. The van der Waals surface area contributed by atoms with Crippen LogP contribution in [0.25, 0.3) is 0 Å². The highest BCUT2D eigenvalue weighted by Gasteiger charge is 2.39. The van der Waals surface area contributed by atoms with Gasteiger partial charge in [0, 0.05) is 25.3 Å². The maximum absolute atomic E-state index is 14.9. The third-order valence-corrected chi connectivity index (χ3v) is 4.63. The maximum atomic E-state index is 14.9. The number of likely N-dealkylation sites (N-methyl/N-ethyl adjacent to an activating group) is 1. The van der Waals surface area contributed by atoms with E-state index in [1.807, 2.05) is 0 Å². The molecule has 7 heteroatoms. The monoisotopic (exact) mass is 364 g/mol. The van der Waals surface area contributed by atoms with E-state index in [1.54, 1.807) is 19.1 Å². The molecule has 0 atom stereocenters. The van der Waals surface area contributed by atoms with Gasteiger partial charge in [-0.3, -0.25) is 9.59 Å². The number of methoxy groups -OCH3 is 1. The molecule has 1 aromatic rings. The number of amides is 2. The fourth-order valence-corrected chi connectivity index (χ4v) is 3.17. The van der Waals surface area contributed by atoms with Crippen LogP contribution in [0.4, 0.5) is 4.39 Å². The van der Waals surface area contributed by atoms with Crippen LogP contribution in [-0.2, 0) is 19.9 Å². The van der Waals surface area contributed by atoms with Gasteiger partial charge in [-0.25, -0.2) is 4.39 Å². The van der Waals surface area contributed by atoms with Crippen molar-refractivity contribution in [3.05, 3.63) is 42.2 Å². The Bertz CT molecular complexity index is 672. The van der Waals surface area contributed by atoms with Crippen LogP contribution in [0.3, 0.4) is 0 Å². The normalized spacial score (nSPS) is 15.8. The summed E-state index contributed by atoms with van der Waals surface area (Å²) >= 11 is 0. The molecule has 1 N–H and O–H groups in total. The van der Waals surface area contributed by atoms with Crippen LogP contribution in [0, 0.1) is 5.82 Å². The van der Waals surface area contributed by atoms with Gasteiger partial charge in [0.1, 0.15) is 0 Å². The molecule has 1 aromatic carbocycles. The van der Waals surface area contributed by atoms with Gasteiger partial charge < -0.3 is 19.7 Å². The molecule has 142 valence electrons. The average Bonchev–Trinajstić information content (AvgIpc) is 2.66. The van der Waals surface area contributed by atoms with Crippen molar-refractivity contribution in [3.8, 4) is 5.75 Å². The topological polar surface area (TPSA) is 67.9 Å². The third kappa shape index (κ3) is 4.22. The van der Waals surface area contributed by atoms with E-state index in [2.05, 4.69) is 11.9 Å². The van der Waals surface area contributed by atoms with E-state index >= 15 is 0 Å². The van der Waals surface area contributed by atoms with Crippen LogP contribution in [0.2, 0.25) is 0 Å². The van der Waals surface area contributed by atoms with E-state index in [-0.39, 0.29) is 24.1 Å². The van der Waals surface area contributed by atoms with E-state index in [0.717, 1.165) is 0 Å². The van der Waals surface area contributed by atoms with E-state index in [4.69, 9.17) is 9.47 Å². The van der Waals surface area contributed by atoms with Gasteiger partial charge in [0.25, 0.3) is 0 Å². The Balaban J connectivity index is 2.29. The molecule has 1 saturated heterocycles. The number of nitrogens with zero attached hydrogens (tertiary/aromatic N) is 1. The minimum absolute atomic E-state index is 0.116. The number of benzene rings is 1. The molecule has 0 aromatic heterocycles. The summed E-state index contributed by atoms with van der Waals surface area (Å²) < 4.78 is 25.3. The largest absolute Gasteiger partial charge is 0.494 e. The average molecular weight is 364 g/mol. The SMILES string of the molecule is C=CC(=O)N(CC)CC(=O)NC1(c2cccc(OC)c2F)CCOCC1. The van der Waals surface area contributed by atoms with Crippen LogP contribution in [0.15, 0.2) is 30.9 Å². The highest BCUT2D eigenvalue weighted by molar-refractivity contribution is 5.91. The number of hydrogen-bond acceptors (Lipinski definition) is 4. The zero-order valence-electron chi connectivity index (χ0n) is 15.2. The Hall–Kier alpha value is -2.41. The second-order valence-electron chi connectivity index (χ2n) is 6.12. The molecular formula is C19H25FN2O4. The summed E-state index contributed by atoms with van der Waals surface area (Å²) in [6.45, 7) is 6.29. The van der Waals surface area contributed by atoms with Crippen molar-refractivity contribution < 1.29 is 23.5 Å². The Kier molecular flexibility index (Phi) is 6.74. The molecule has 0 unspecified atom stereocenters. The van der Waals surface area contributed by atoms with Gasteiger partial charge >= 0.3 is 0 Å². The fourth-order valence-electron chi connectivity index (χ4n) is 3.17. The highest BCUT2D eigenvalue weighted by Crippen LogP contribution is 2.36. The molecule has 1 aliphatic heterocycles. The number of halogens is 1. The summed E-state index contributed by atoms with van der Waals surface area (Å²) in [6.07, 6.45) is 2.04. The molecule has 0 aliphatic carbocycles. The summed E-state index contributed by atoms with van der Waals surface area (Å²) in [5.41, 5.74) is -0.531. The molecule has 2 amide bonds. The molecule has 26 heavy (non-hydrogen) atoms. The first kappa shape index (κ1) is 19.9. The van der Waals surface area contributed by atoms with Crippen molar-refractivity contribution in [1.29, 1.82) is 0 Å². The lowest BCUT2D eigenvalue weighted by molar-refractivity contribution is -0.133. The molecule has 0 spiro atoms. The third-order valence-electron chi connectivity index (χ3n) is 4.63. The predicted octanol–water partition coefficient (Wildman–Crippen LogP) is 1.99. The smallest absolute Gasteiger partial charge is 0.246 e. The minimum atomic E-state index is -0.898. The van der Waals surface area contributed by atoms with Crippen molar-refractivity contribution >= 4 is 11.8 Å². The Labute approximate surface area is 153 Å². The first-order valence-corrected chi connectivity index (χ1v) is 8.60. The Morgan fingerprint density at radius 2 is 2.12 bits per heavy atom. The molecule has 1 heterocycles. The van der Waals surface area contributed by atoms with Gasteiger partial charge in [-0.15, -0.1) is 0 Å². The standard InChI is InChI=1S/C19H25FN2O4/c1-4-17(24)22(5-2)13-16(23)21-19(9-11-26-12-10-19)14-7-6-8-15(25-3)18(14)20/h4,6-8H,1,5,9-13H2,2-3H3,(H,21,23). The molecule has 1 fully saturated rings. The highest BCUT2D eigenvalue weighted by atomic mass is 19.1. The van der Waals surface area contributed by atoms with E-state index in [0.29, 0.717) is 38.2 Å². The molecular weight excluding hydrogens is 339 g/mol. The van der Waals surface area contributed by atoms with E-state index < -0.39 is 11.4 Å². The zero-order valence-corrected chi connectivity index (χ0v) is 15.2. The van der Waals surface area contributed by atoms with Crippen molar-refractivity contribution in [1.82, 2.24) is 10.2 Å². The second-order valence-corrected chi connectivity index (χ2v) is 6.12. The number of carbonyl (C=O) groups is 2. The molecule has 0 radical (unpaired) electrons. The number of ether oxygens (including phenoxy) is 2. The summed E-state index contributed by atoms with van der Waals surface area (Å²) in [4.78, 5) is 25.8. The van der Waals surface area contributed by atoms with E-state index in [9.17, 15) is 14.0 Å². The molecule has 0 saturated carbocycles. The van der Waals surface area contributed by atoms with Crippen molar-refractivity contribution in [2.45, 2.75) is 25.3 Å². The molecule has 6 nitrogen and oxygen atoms in total. The second kappa shape index (κ2) is 8.80. The van der Waals surface area contributed by atoms with Gasteiger partial charge in [0.05, 0.1) is 19.2 Å². The van der Waals surface area contributed by atoms with Gasteiger partial charge in [0.2, 0.25) is 11.8 Å². The van der Waals surface area contributed by atoms with Crippen LogP contribution in [0.1, 0.15) is 25.3 Å². The summed E-state index contributed by atoms with van der Waals surface area (Å²) in [5, 5.41) is 2.94. The van der Waals surface area contributed by atoms with Gasteiger partial charge in [-0.2, -0.15) is 0 Å². The van der Waals surface area contributed by atoms with Crippen molar-refractivity contribution in [3.63, 3.8) is 0 Å². The molecule has 2 rings (SSSR count). The lowest BCUT2D eigenvalue weighted by atomic mass is 9.82. The van der Waals surface area contributed by atoms with Crippen LogP contribution >= 0.6 is 0 Å². The predicted molar refractivity (Wildman–Crippen MR) is 95.3 cm³/mol.